The summed E-state index contributed by atoms with van der Waals surface area (Å²) in [6.07, 6.45) is 2.44. The van der Waals surface area contributed by atoms with Gasteiger partial charge in [-0.3, -0.25) is 0 Å². The number of rotatable bonds is 3. The van der Waals surface area contributed by atoms with Crippen molar-refractivity contribution in [3.05, 3.63) is 35.4 Å². The number of halogens is 3. The molecule has 1 saturated heterocycles. The highest BCUT2D eigenvalue weighted by molar-refractivity contribution is 6.21. The summed E-state index contributed by atoms with van der Waals surface area (Å²) in [5.41, 5.74) is 0.647. The van der Waals surface area contributed by atoms with Crippen LogP contribution in [0.3, 0.4) is 0 Å². The fourth-order valence-corrected chi connectivity index (χ4v) is 2.82. The van der Waals surface area contributed by atoms with Crippen LogP contribution in [0.4, 0.5) is 8.78 Å². The topological polar surface area (TPSA) is 3.24 Å². The van der Waals surface area contributed by atoms with Crippen LogP contribution < -0.4 is 0 Å². The van der Waals surface area contributed by atoms with Gasteiger partial charge in [0.15, 0.2) is 11.6 Å². The zero-order chi connectivity index (χ0) is 13.1. The lowest BCUT2D eigenvalue weighted by Gasteiger charge is -2.32. The van der Waals surface area contributed by atoms with Crippen LogP contribution in [0, 0.1) is 17.6 Å². The molecule has 0 N–H and O–H groups in total. The Balaban J connectivity index is 1.98. The maximum Gasteiger partial charge on any atom is 0.159 e. The molecule has 0 bridgehead atoms. The Morgan fingerprint density at radius 1 is 1.39 bits per heavy atom. The van der Waals surface area contributed by atoms with Crippen molar-refractivity contribution in [3.8, 4) is 0 Å². The van der Waals surface area contributed by atoms with Crippen LogP contribution in [-0.2, 0) is 0 Å². The molecule has 0 amide bonds. The first-order chi connectivity index (χ1) is 8.56. The molecule has 4 heteroatoms. The van der Waals surface area contributed by atoms with E-state index in [1.54, 1.807) is 6.07 Å². The third-order valence-corrected chi connectivity index (χ3v) is 3.85. The SMILES string of the molecule is CC1CCCN(CC(Cl)c2ccc(F)c(F)c2)C1. The summed E-state index contributed by atoms with van der Waals surface area (Å²) in [6.45, 7) is 4.99. The van der Waals surface area contributed by atoms with Crippen molar-refractivity contribution in [3.63, 3.8) is 0 Å². The van der Waals surface area contributed by atoms with Crippen LogP contribution in [0.25, 0.3) is 0 Å². The van der Waals surface area contributed by atoms with E-state index in [4.69, 9.17) is 11.6 Å². The summed E-state index contributed by atoms with van der Waals surface area (Å²) in [5, 5.41) is -0.287. The van der Waals surface area contributed by atoms with E-state index in [0.717, 1.165) is 19.2 Å². The van der Waals surface area contributed by atoms with Crippen molar-refractivity contribution in [1.82, 2.24) is 4.90 Å². The van der Waals surface area contributed by atoms with E-state index in [2.05, 4.69) is 11.8 Å². The van der Waals surface area contributed by atoms with E-state index in [1.807, 2.05) is 0 Å². The molecule has 1 aliphatic heterocycles. The molecule has 2 atom stereocenters. The second kappa shape index (κ2) is 5.98. The van der Waals surface area contributed by atoms with Gasteiger partial charge in [-0.1, -0.05) is 13.0 Å². The van der Waals surface area contributed by atoms with Gasteiger partial charge in [0.25, 0.3) is 0 Å². The summed E-state index contributed by atoms with van der Waals surface area (Å²) < 4.78 is 26.0. The number of hydrogen-bond acceptors (Lipinski definition) is 1. The lowest BCUT2D eigenvalue weighted by molar-refractivity contribution is 0.184. The van der Waals surface area contributed by atoms with E-state index < -0.39 is 11.6 Å². The smallest absolute Gasteiger partial charge is 0.159 e. The number of likely N-dealkylation sites (tertiary alicyclic amines) is 1. The monoisotopic (exact) mass is 273 g/mol. The Morgan fingerprint density at radius 2 is 2.17 bits per heavy atom. The Labute approximate surface area is 112 Å². The number of alkyl halides is 1. The molecule has 0 aliphatic carbocycles. The number of benzene rings is 1. The number of hydrogen-bond donors (Lipinski definition) is 0. The molecule has 1 aromatic rings. The molecule has 100 valence electrons. The van der Waals surface area contributed by atoms with Gasteiger partial charge in [-0.15, -0.1) is 11.6 Å². The van der Waals surface area contributed by atoms with Crippen molar-refractivity contribution >= 4 is 11.6 Å². The van der Waals surface area contributed by atoms with Crippen molar-refractivity contribution in [1.29, 1.82) is 0 Å². The molecular formula is C14H18ClF2N. The molecule has 1 nitrogen and oxygen atoms in total. The van der Waals surface area contributed by atoms with Gasteiger partial charge in [-0.25, -0.2) is 8.78 Å². The third-order valence-electron chi connectivity index (χ3n) is 3.46. The van der Waals surface area contributed by atoms with Gasteiger partial charge in [-0.05, 0) is 43.0 Å². The van der Waals surface area contributed by atoms with Crippen molar-refractivity contribution < 1.29 is 8.78 Å². The third kappa shape index (κ3) is 3.42. The maximum absolute atomic E-state index is 13.1. The van der Waals surface area contributed by atoms with Crippen molar-refractivity contribution in [2.24, 2.45) is 5.92 Å². The lowest BCUT2D eigenvalue weighted by Crippen LogP contribution is -2.36. The highest BCUT2D eigenvalue weighted by atomic mass is 35.5. The molecule has 0 spiro atoms. The molecule has 0 radical (unpaired) electrons. The van der Waals surface area contributed by atoms with E-state index in [-0.39, 0.29) is 5.38 Å². The Morgan fingerprint density at radius 3 is 2.83 bits per heavy atom. The minimum Gasteiger partial charge on any atom is -0.301 e. The van der Waals surface area contributed by atoms with Gasteiger partial charge in [0, 0.05) is 13.1 Å². The van der Waals surface area contributed by atoms with Crippen molar-refractivity contribution in [2.45, 2.75) is 25.1 Å². The molecule has 1 aromatic carbocycles. The minimum absolute atomic E-state index is 0.287. The predicted molar refractivity (Wildman–Crippen MR) is 69.8 cm³/mol. The van der Waals surface area contributed by atoms with E-state index in [9.17, 15) is 8.78 Å². The van der Waals surface area contributed by atoms with Gasteiger partial charge in [-0.2, -0.15) is 0 Å². The Bertz CT molecular complexity index is 411. The van der Waals surface area contributed by atoms with Crippen LogP contribution in [0.2, 0.25) is 0 Å². The molecule has 2 rings (SSSR count). The number of piperidine rings is 1. The quantitative estimate of drug-likeness (QED) is 0.753. The molecule has 0 aromatic heterocycles. The molecule has 1 fully saturated rings. The first-order valence-electron chi connectivity index (χ1n) is 6.37. The normalized spacial score (nSPS) is 23.0. The van der Waals surface area contributed by atoms with Crippen LogP contribution >= 0.6 is 11.6 Å². The first kappa shape index (κ1) is 13.8. The van der Waals surface area contributed by atoms with E-state index in [0.29, 0.717) is 18.0 Å². The Hall–Kier alpha value is -0.670. The largest absolute Gasteiger partial charge is 0.301 e. The maximum atomic E-state index is 13.1. The fourth-order valence-electron chi connectivity index (χ4n) is 2.49. The molecular weight excluding hydrogens is 256 g/mol. The highest BCUT2D eigenvalue weighted by Crippen LogP contribution is 2.25. The van der Waals surface area contributed by atoms with Crippen LogP contribution in [0.15, 0.2) is 18.2 Å². The van der Waals surface area contributed by atoms with Crippen molar-refractivity contribution in [2.75, 3.05) is 19.6 Å². The second-order valence-electron chi connectivity index (χ2n) is 5.15. The fraction of sp³-hybridized carbons (Fsp3) is 0.571. The summed E-state index contributed by atoms with van der Waals surface area (Å²) >= 11 is 6.28. The number of nitrogens with zero attached hydrogens (tertiary/aromatic N) is 1. The average Bonchev–Trinajstić information content (AvgIpc) is 2.32. The lowest BCUT2D eigenvalue weighted by atomic mass is 10.00. The molecule has 18 heavy (non-hydrogen) atoms. The van der Waals surface area contributed by atoms with E-state index >= 15 is 0 Å². The Kier molecular flexibility index (Phi) is 4.57. The first-order valence-corrected chi connectivity index (χ1v) is 6.81. The van der Waals surface area contributed by atoms with Crippen LogP contribution in [0.1, 0.15) is 30.7 Å². The zero-order valence-corrected chi connectivity index (χ0v) is 11.3. The van der Waals surface area contributed by atoms with Gasteiger partial charge in [0.1, 0.15) is 0 Å². The highest BCUT2D eigenvalue weighted by Gasteiger charge is 2.20. The van der Waals surface area contributed by atoms with E-state index in [1.165, 1.54) is 18.9 Å². The van der Waals surface area contributed by atoms with Crippen LogP contribution in [-0.4, -0.2) is 24.5 Å². The van der Waals surface area contributed by atoms with Crippen LogP contribution in [0.5, 0.6) is 0 Å². The zero-order valence-electron chi connectivity index (χ0n) is 10.5. The van der Waals surface area contributed by atoms with Gasteiger partial charge in [0.05, 0.1) is 5.38 Å². The molecule has 1 aliphatic rings. The van der Waals surface area contributed by atoms with Gasteiger partial charge in [0.2, 0.25) is 0 Å². The molecule has 2 unspecified atom stereocenters. The summed E-state index contributed by atoms with van der Waals surface area (Å²) in [6, 6.07) is 3.89. The molecule has 0 saturated carbocycles. The second-order valence-corrected chi connectivity index (χ2v) is 5.67. The summed E-state index contributed by atoms with van der Waals surface area (Å²) in [4.78, 5) is 2.30. The predicted octanol–water partition coefficient (Wildman–Crippen LogP) is 3.98. The minimum atomic E-state index is -0.829. The van der Waals surface area contributed by atoms with Gasteiger partial charge >= 0.3 is 0 Å². The standard InChI is InChI=1S/C14H18ClF2N/c1-10-3-2-6-18(8-10)9-12(15)11-4-5-13(16)14(17)7-11/h4-5,7,10,12H,2-3,6,8-9H2,1H3. The van der Waals surface area contributed by atoms with Gasteiger partial charge < -0.3 is 4.90 Å². The summed E-state index contributed by atoms with van der Waals surface area (Å²) in [5.74, 6) is -0.966. The summed E-state index contributed by atoms with van der Waals surface area (Å²) in [7, 11) is 0. The molecule has 1 heterocycles. The average molecular weight is 274 g/mol.